The van der Waals surface area contributed by atoms with Crippen LogP contribution >= 0.6 is 0 Å². The molecule has 0 spiro atoms. The summed E-state index contributed by atoms with van der Waals surface area (Å²) >= 11 is 0. The van der Waals surface area contributed by atoms with Gasteiger partial charge in [0, 0.05) is 23.7 Å². The van der Waals surface area contributed by atoms with Crippen LogP contribution in [0.4, 0.5) is 10.1 Å². The van der Waals surface area contributed by atoms with Crippen LogP contribution in [0.2, 0.25) is 0 Å². The third-order valence-corrected chi connectivity index (χ3v) is 4.09. The van der Waals surface area contributed by atoms with Gasteiger partial charge in [0.25, 0.3) is 0 Å². The summed E-state index contributed by atoms with van der Waals surface area (Å²) in [5, 5.41) is 6.80. The molecule has 2 heterocycles. The van der Waals surface area contributed by atoms with Crippen LogP contribution in [-0.4, -0.2) is 24.0 Å². The van der Waals surface area contributed by atoms with Gasteiger partial charge in [-0.05, 0) is 43.9 Å². The lowest BCUT2D eigenvalue weighted by Crippen LogP contribution is -2.43. The Bertz CT molecular complexity index is 493. The summed E-state index contributed by atoms with van der Waals surface area (Å²) in [6.45, 7) is 0. The first-order chi connectivity index (χ1) is 9.11. The number of halogens is 1. The molecule has 4 nitrogen and oxygen atoms in total. The number of primary amides is 1. The third-order valence-electron chi connectivity index (χ3n) is 4.09. The van der Waals surface area contributed by atoms with E-state index in [0.717, 1.165) is 12.8 Å². The summed E-state index contributed by atoms with van der Waals surface area (Å²) < 4.78 is 13.9. The molecule has 0 saturated carbocycles. The number of nitrogens with one attached hydrogen (secondary N) is 2. The predicted octanol–water partition coefficient (Wildman–Crippen LogP) is 1.62. The van der Waals surface area contributed by atoms with Crippen LogP contribution in [0.15, 0.2) is 18.2 Å². The molecule has 1 aromatic rings. The zero-order chi connectivity index (χ0) is 13.4. The minimum Gasteiger partial charge on any atom is -0.380 e. The molecule has 5 heteroatoms. The van der Waals surface area contributed by atoms with Crippen molar-refractivity contribution < 1.29 is 9.18 Å². The largest absolute Gasteiger partial charge is 0.380 e. The van der Waals surface area contributed by atoms with Gasteiger partial charge >= 0.3 is 0 Å². The van der Waals surface area contributed by atoms with Gasteiger partial charge in [-0.3, -0.25) is 4.79 Å². The van der Waals surface area contributed by atoms with Gasteiger partial charge in [0.15, 0.2) is 0 Å². The number of amides is 1. The number of fused-ring (bicyclic) bond motifs is 2. The summed E-state index contributed by atoms with van der Waals surface area (Å²) in [5.41, 5.74) is 5.78. The topological polar surface area (TPSA) is 67.2 Å². The standard InChI is InChI=1S/C14H18FN3O/c15-12-5-8(14(16)19)1-4-13(12)18-11-6-9-2-3-10(7-11)17-9/h1,4-5,9-11,17-18H,2-3,6-7H2,(H2,16,19). The Hall–Kier alpha value is -1.62. The van der Waals surface area contributed by atoms with Gasteiger partial charge in [0.2, 0.25) is 5.91 Å². The molecule has 0 radical (unpaired) electrons. The molecule has 19 heavy (non-hydrogen) atoms. The fraction of sp³-hybridized carbons (Fsp3) is 0.500. The van der Waals surface area contributed by atoms with Crippen molar-refractivity contribution in [2.75, 3.05) is 5.32 Å². The lowest BCUT2D eigenvalue weighted by atomic mass is 9.99. The predicted molar refractivity (Wildman–Crippen MR) is 71.5 cm³/mol. The van der Waals surface area contributed by atoms with E-state index in [1.807, 2.05) is 0 Å². The summed E-state index contributed by atoms with van der Waals surface area (Å²) in [6.07, 6.45) is 4.47. The number of rotatable bonds is 3. The smallest absolute Gasteiger partial charge is 0.248 e. The Morgan fingerprint density at radius 3 is 2.58 bits per heavy atom. The van der Waals surface area contributed by atoms with E-state index in [2.05, 4.69) is 10.6 Å². The fourth-order valence-electron chi connectivity index (χ4n) is 3.18. The second-order valence-corrected chi connectivity index (χ2v) is 5.51. The highest BCUT2D eigenvalue weighted by Gasteiger charge is 2.33. The number of carbonyl (C=O) groups is 1. The van der Waals surface area contributed by atoms with E-state index in [0.29, 0.717) is 23.8 Å². The molecular weight excluding hydrogens is 245 g/mol. The maximum atomic E-state index is 13.9. The summed E-state index contributed by atoms with van der Waals surface area (Å²) in [6, 6.07) is 5.77. The summed E-state index contributed by atoms with van der Waals surface area (Å²) in [4.78, 5) is 11.0. The second-order valence-electron chi connectivity index (χ2n) is 5.51. The van der Waals surface area contributed by atoms with Crippen LogP contribution in [0.3, 0.4) is 0 Å². The maximum Gasteiger partial charge on any atom is 0.248 e. The first-order valence-corrected chi connectivity index (χ1v) is 6.74. The van der Waals surface area contributed by atoms with E-state index in [1.54, 1.807) is 12.1 Å². The van der Waals surface area contributed by atoms with Crippen molar-refractivity contribution in [1.82, 2.24) is 5.32 Å². The highest BCUT2D eigenvalue weighted by atomic mass is 19.1. The van der Waals surface area contributed by atoms with Crippen molar-refractivity contribution in [2.24, 2.45) is 5.73 Å². The molecule has 2 aliphatic rings. The van der Waals surface area contributed by atoms with E-state index < -0.39 is 11.7 Å². The highest BCUT2D eigenvalue weighted by molar-refractivity contribution is 5.93. The SMILES string of the molecule is NC(=O)c1ccc(NC2CC3CCC(C2)N3)c(F)c1. The number of hydrogen-bond acceptors (Lipinski definition) is 3. The van der Waals surface area contributed by atoms with Crippen molar-refractivity contribution >= 4 is 11.6 Å². The molecule has 4 N–H and O–H groups in total. The number of hydrogen-bond donors (Lipinski definition) is 3. The van der Waals surface area contributed by atoms with Crippen LogP contribution < -0.4 is 16.4 Å². The van der Waals surface area contributed by atoms with E-state index in [9.17, 15) is 9.18 Å². The van der Waals surface area contributed by atoms with Gasteiger partial charge < -0.3 is 16.4 Å². The second kappa shape index (κ2) is 4.81. The third kappa shape index (κ3) is 2.56. The number of piperidine rings is 1. The van der Waals surface area contributed by atoms with Gasteiger partial charge in [-0.1, -0.05) is 0 Å². The highest BCUT2D eigenvalue weighted by Crippen LogP contribution is 2.29. The Balaban J connectivity index is 1.71. The van der Waals surface area contributed by atoms with Crippen LogP contribution in [0.25, 0.3) is 0 Å². The molecule has 1 amide bonds. The molecule has 2 saturated heterocycles. The van der Waals surface area contributed by atoms with Gasteiger partial charge in [-0.2, -0.15) is 0 Å². The first-order valence-electron chi connectivity index (χ1n) is 6.74. The molecule has 0 aliphatic carbocycles. The minimum atomic E-state index is -0.606. The molecule has 2 bridgehead atoms. The van der Waals surface area contributed by atoms with Crippen molar-refractivity contribution in [1.29, 1.82) is 0 Å². The van der Waals surface area contributed by atoms with Crippen LogP contribution in [0.1, 0.15) is 36.0 Å². The summed E-state index contributed by atoms with van der Waals surface area (Å²) in [7, 11) is 0. The van der Waals surface area contributed by atoms with Gasteiger partial charge in [0.05, 0.1) is 5.69 Å². The van der Waals surface area contributed by atoms with Gasteiger partial charge in [-0.15, -0.1) is 0 Å². The van der Waals surface area contributed by atoms with Gasteiger partial charge in [0.1, 0.15) is 5.82 Å². The maximum absolute atomic E-state index is 13.9. The lowest BCUT2D eigenvalue weighted by Gasteiger charge is -2.30. The van der Waals surface area contributed by atoms with E-state index in [1.165, 1.54) is 18.9 Å². The first kappa shape index (κ1) is 12.4. The van der Waals surface area contributed by atoms with E-state index >= 15 is 0 Å². The van der Waals surface area contributed by atoms with Crippen molar-refractivity contribution in [2.45, 2.75) is 43.8 Å². The average molecular weight is 263 g/mol. The molecule has 3 rings (SSSR count). The average Bonchev–Trinajstić information content (AvgIpc) is 2.71. The minimum absolute atomic E-state index is 0.202. The monoisotopic (exact) mass is 263 g/mol. The van der Waals surface area contributed by atoms with Crippen LogP contribution in [0, 0.1) is 5.82 Å². The zero-order valence-electron chi connectivity index (χ0n) is 10.7. The van der Waals surface area contributed by atoms with Crippen molar-refractivity contribution in [3.8, 4) is 0 Å². The Morgan fingerprint density at radius 2 is 2.00 bits per heavy atom. The van der Waals surface area contributed by atoms with Crippen LogP contribution in [0.5, 0.6) is 0 Å². The zero-order valence-corrected chi connectivity index (χ0v) is 10.7. The molecule has 1 aromatic carbocycles. The Kier molecular flexibility index (Phi) is 3.14. The van der Waals surface area contributed by atoms with E-state index in [-0.39, 0.29) is 5.56 Å². The molecule has 2 atom stereocenters. The molecular formula is C14H18FN3O. The Labute approximate surface area is 111 Å². The lowest BCUT2D eigenvalue weighted by molar-refractivity contribution is 0.1000. The fourth-order valence-corrected chi connectivity index (χ4v) is 3.18. The molecule has 0 aromatic heterocycles. The molecule has 102 valence electrons. The van der Waals surface area contributed by atoms with Crippen molar-refractivity contribution in [3.05, 3.63) is 29.6 Å². The van der Waals surface area contributed by atoms with Crippen molar-refractivity contribution in [3.63, 3.8) is 0 Å². The quantitative estimate of drug-likeness (QED) is 0.776. The number of nitrogens with two attached hydrogens (primary N) is 1. The van der Waals surface area contributed by atoms with Crippen LogP contribution in [-0.2, 0) is 0 Å². The van der Waals surface area contributed by atoms with Gasteiger partial charge in [-0.25, -0.2) is 4.39 Å². The number of benzene rings is 1. The number of anilines is 1. The normalized spacial score (nSPS) is 29.2. The molecule has 2 aliphatic heterocycles. The molecule has 2 unspecified atom stereocenters. The van der Waals surface area contributed by atoms with E-state index in [4.69, 9.17) is 5.73 Å². The summed E-state index contributed by atoms with van der Waals surface area (Å²) in [5.74, 6) is -1.02. The Morgan fingerprint density at radius 1 is 1.32 bits per heavy atom. The number of carbonyl (C=O) groups excluding carboxylic acids is 1. The molecule has 2 fully saturated rings.